The molecule has 28 heavy (non-hydrogen) atoms. The van der Waals surface area contributed by atoms with Crippen molar-refractivity contribution in [2.75, 3.05) is 16.8 Å². The van der Waals surface area contributed by atoms with Gasteiger partial charge in [0.25, 0.3) is 0 Å². The third kappa shape index (κ3) is 4.09. The Kier molecular flexibility index (Phi) is 5.71. The van der Waals surface area contributed by atoms with Gasteiger partial charge in [-0.2, -0.15) is 0 Å². The molecule has 2 aromatic rings. The van der Waals surface area contributed by atoms with Crippen molar-refractivity contribution >= 4 is 34.0 Å². The number of rotatable bonds is 5. The van der Waals surface area contributed by atoms with Gasteiger partial charge in [0.15, 0.2) is 0 Å². The number of hydrogen-bond acceptors (Lipinski definition) is 5. The number of carbonyl (C=O) groups is 2. The second-order valence-electron chi connectivity index (χ2n) is 7.70. The quantitative estimate of drug-likeness (QED) is 0.821. The first-order chi connectivity index (χ1) is 13.6. The molecule has 6 nitrogen and oxygen atoms in total. The van der Waals surface area contributed by atoms with E-state index >= 15 is 0 Å². The highest BCUT2D eigenvalue weighted by molar-refractivity contribution is 7.15. The van der Waals surface area contributed by atoms with Gasteiger partial charge in [-0.15, -0.1) is 10.2 Å². The summed E-state index contributed by atoms with van der Waals surface area (Å²) in [4.78, 5) is 26.8. The minimum atomic E-state index is -0.361. The normalized spacial score (nSPS) is 20.5. The lowest BCUT2D eigenvalue weighted by atomic mass is 9.90. The summed E-state index contributed by atoms with van der Waals surface area (Å²) in [6, 6.07) is 7.98. The minimum Gasteiger partial charge on any atom is -0.312 e. The molecule has 2 fully saturated rings. The van der Waals surface area contributed by atoms with Crippen LogP contribution in [-0.4, -0.2) is 28.6 Å². The number of nitrogens with zero attached hydrogens (tertiary/aromatic N) is 3. The van der Waals surface area contributed by atoms with Crippen molar-refractivity contribution in [1.29, 1.82) is 0 Å². The summed E-state index contributed by atoms with van der Waals surface area (Å²) < 4.78 is 0. The summed E-state index contributed by atoms with van der Waals surface area (Å²) in [5, 5.41) is 12.9. The summed E-state index contributed by atoms with van der Waals surface area (Å²) >= 11 is 1.48. The average molecular weight is 399 g/mol. The van der Waals surface area contributed by atoms with Gasteiger partial charge in [0, 0.05) is 24.6 Å². The molecule has 1 unspecified atom stereocenters. The van der Waals surface area contributed by atoms with E-state index in [9.17, 15) is 9.59 Å². The fourth-order valence-electron chi connectivity index (χ4n) is 4.05. The van der Waals surface area contributed by atoms with Crippen molar-refractivity contribution in [3.63, 3.8) is 0 Å². The standard InChI is InChI=1S/C21H26N4O2S/c1-2-14-8-10-17(11-9-14)25-13-16(12-18(25)26)19(27)22-21-24-23-20(28-21)15-6-4-3-5-7-15/h8-11,15-16H,2-7,12-13H2,1H3,(H,22,24,27). The molecule has 7 heteroatoms. The van der Waals surface area contributed by atoms with Crippen molar-refractivity contribution in [3.8, 4) is 0 Å². The fraction of sp³-hybridized carbons (Fsp3) is 0.524. The molecule has 1 aliphatic carbocycles. The van der Waals surface area contributed by atoms with Crippen LogP contribution in [0.3, 0.4) is 0 Å². The molecule has 1 N–H and O–H groups in total. The van der Waals surface area contributed by atoms with Crippen molar-refractivity contribution in [1.82, 2.24) is 10.2 Å². The van der Waals surface area contributed by atoms with E-state index in [-0.39, 0.29) is 24.2 Å². The summed E-state index contributed by atoms with van der Waals surface area (Å²) in [7, 11) is 0. The number of benzene rings is 1. The molecule has 148 valence electrons. The maximum absolute atomic E-state index is 12.7. The van der Waals surface area contributed by atoms with E-state index in [4.69, 9.17) is 0 Å². The van der Waals surface area contributed by atoms with Gasteiger partial charge in [-0.3, -0.25) is 9.59 Å². The van der Waals surface area contributed by atoms with Gasteiger partial charge >= 0.3 is 0 Å². The SMILES string of the molecule is CCc1ccc(N2CC(C(=O)Nc3nnc(C4CCCCC4)s3)CC2=O)cc1. The number of aryl methyl sites for hydroxylation is 1. The van der Waals surface area contributed by atoms with Crippen LogP contribution in [0.1, 0.15) is 61.9 Å². The average Bonchev–Trinajstić information content (AvgIpc) is 3.35. The molecule has 1 aliphatic heterocycles. The van der Waals surface area contributed by atoms with E-state index in [1.54, 1.807) is 4.90 Å². The van der Waals surface area contributed by atoms with Crippen LogP contribution in [0.4, 0.5) is 10.8 Å². The smallest absolute Gasteiger partial charge is 0.231 e. The predicted molar refractivity (Wildman–Crippen MR) is 111 cm³/mol. The lowest BCUT2D eigenvalue weighted by Gasteiger charge is -2.18. The Bertz CT molecular complexity index is 842. The zero-order chi connectivity index (χ0) is 19.5. The molecule has 1 atom stereocenters. The van der Waals surface area contributed by atoms with Crippen molar-refractivity contribution in [2.45, 2.75) is 57.8 Å². The largest absolute Gasteiger partial charge is 0.312 e. The molecule has 0 spiro atoms. The topological polar surface area (TPSA) is 75.2 Å². The number of nitrogens with one attached hydrogen (secondary N) is 1. The minimum absolute atomic E-state index is 0.00967. The third-order valence-corrected chi connectivity index (χ3v) is 6.78. The summed E-state index contributed by atoms with van der Waals surface area (Å²) in [5.41, 5.74) is 2.09. The number of carbonyl (C=O) groups excluding carboxylic acids is 2. The second-order valence-corrected chi connectivity index (χ2v) is 8.70. The summed E-state index contributed by atoms with van der Waals surface area (Å²) in [6.45, 7) is 2.51. The van der Waals surface area contributed by atoms with Crippen molar-refractivity contribution in [2.24, 2.45) is 5.92 Å². The molecule has 0 bridgehead atoms. The molecule has 1 saturated carbocycles. The van der Waals surface area contributed by atoms with Crippen LogP contribution in [-0.2, 0) is 16.0 Å². The van der Waals surface area contributed by atoms with Gasteiger partial charge < -0.3 is 10.2 Å². The van der Waals surface area contributed by atoms with Gasteiger partial charge in [0.1, 0.15) is 5.01 Å². The number of anilines is 2. The predicted octanol–water partition coefficient (Wildman–Crippen LogP) is 4.14. The highest BCUT2D eigenvalue weighted by Gasteiger charge is 2.35. The van der Waals surface area contributed by atoms with Crippen LogP contribution >= 0.6 is 11.3 Å². The van der Waals surface area contributed by atoms with E-state index in [0.717, 1.165) is 30.0 Å². The van der Waals surface area contributed by atoms with Gasteiger partial charge in [-0.05, 0) is 37.0 Å². The zero-order valence-electron chi connectivity index (χ0n) is 16.2. The van der Waals surface area contributed by atoms with Gasteiger partial charge in [0.05, 0.1) is 5.92 Å². The molecule has 2 amide bonds. The maximum atomic E-state index is 12.7. The number of aromatic nitrogens is 2. The summed E-state index contributed by atoms with van der Waals surface area (Å²) in [6.07, 6.45) is 7.29. The highest BCUT2D eigenvalue weighted by atomic mass is 32.1. The van der Waals surface area contributed by atoms with Crippen LogP contribution in [0.5, 0.6) is 0 Å². The van der Waals surface area contributed by atoms with E-state index in [1.807, 2.05) is 24.3 Å². The Morgan fingerprint density at radius 3 is 2.64 bits per heavy atom. The molecule has 0 radical (unpaired) electrons. The first kappa shape index (κ1) is 19.1. The Morgan fingerprint density at radius 1 is 1.18 bits per heavy atom. The Morgan fingerprint density at radius 2 is 1.93 bits per heavy atom. The molecule has 1 saturated heterocycles. The first-order valence-electron chi connectivity index (χ1n) is 10.2. The van der Waals surface area contributed by atoms with Crippen molar-refractivity contribution < 1.29 is 9.59 Å². The van der Waals surface area contributed by atoms with E-state index in [2.05, 4.69) is 22.4 Å². The molecule has 4 rings (SSSR count). The molecule has 2 aliphatic rings. The Balaban J connectivity index is 1.37. The Hall–Kier alpha value is -2.28. The lowest BCUT2D eigenvalue weighted by molar-refractivity contribution is -0.122. The summed E-state index contributed by atoms with van der Waals surface area (Å²) in [5.74, 6) is -0.0381. The third-order valence-electron chi connectivity index (χ3n) is 5.78. The van der Waals surface area contributed by atoms with Gasteiger partial charge in [0.2, 0.25) is 16.9 Å². The molecular weight excluding hydrogens is 372 g/mol. The monoisotopic (exact) mass is 398 g/mol. The van der Waals surface area contributed by atoms with Crippen molar-refractivity contribution in [3.05, 3.63) is 34.8 Å². The molecule has 2 heterocycles. The van der Waals surface area contributed by atoms with Crippen LogP contribution in [0.2, 0.25) is 0 Å². The van der Waals surface area contributed by atoms with Crippen LogP contribution in [0, 0.1) is 5.92 Å². The number of hydrogen-bond donors (Lipinski definition) is 1. The fourth-order valence-corrected chi connectivity index (χ4v) is 4.97. The van der Waals surface area contributed by atoms with Crippen LogP contribution in [0.25, 0.3) is 0 Å². The molecule has 1 aromatic carbocycles. The van der Waals surface area contributed by atoms with E-state index in [1.165, 1.54) is 36.2 Å². The Labute approximate surface area is 169 Å². The lowest BCUT2D eigenvalue weighted by Crippen LogP contribution is -2.28. The molecular formula is C21H26N4O2S. The first-order valence-corrected chi connectivity index (χ1v) is 11.0. The highest BCUT2D eigenvalue weighted by Crippen LogP contribution is 2.35. The van der Waals surface area contributed by atoms with Gasteiger partial charge in [-0.1, -0.05) is 49.7 Å². The zero-order valence-corrected chi connectivity index (χ0v) is 17.0. The van der Waals surface area contributed by atoms with E-state index in [0.29, 0.717) is 17.6 Å². The van der Waals surface area contributed by atoms with Crippen LogP contribution < -0.4 is 10.2 Å². The van der Waals surface area contributed by atoms with E-state index < -0.39 is 0 Å². The number of amides is 2. The molecule has 1 aromatic heterocycles. The van der Waals surface area contributed by atoms with Crippen LogP contribution in [0.15, 0.2) is 24.3 Å². The van der Waals surface area contributed by atoms with Gasteiger partial charge in [-0.25, -0.2) is 0 Å². The second kappa shape index (κ2) is 8.39. The maximum Gasteiger partial charge on any atom is 0.231 e.